The van der Waals surface area contributed by atoms with Crippen molar-refractivity contribution in [2.24, 2.45) is 0 Å². The van der Waals surface area contributed by atoms with Crippen LogP contribution in [0.1, 0.15) is 30.6 Å². The molecule has 0 radical (unpaired) electrons. The van der Waals surface area contributed by atoms with Crippen LogP contribution in [0.15, 0.2) is 12.1 Å². The molecule has 1 amide bonds. The maximum atomic E-state index is 13.4. The van der Waals surface area contributed by atoms with Gasteiger partial charge >= 0.3 is 5.97 Å². The predicted octanol–water partition coefficient (Wildman–Crippen LogP) is 1.62. The van der Waals surface area contributed by atoms with E-state index in [2.05, 4.69) is 10.1 Å². The summed E-state index contributed by atoms with van der Waals surface area (Å²) in [5.41, 5.74) is 4.14. The first-order valence-corrected chi connectivity index (χ1v) is 6.06. The summed E-state index contributed by atoms with van der Waals surface area (Å²) in [6.07, 6.45) is 0.720. The highest BCUT2D eigenvalue weighted by molar-refractivity contribution is 5.92. The van der Waals surface area contributed by atoms with Crippen LogP contribution >= 0.6 is 0 Å². The Balaban J connectivity index is 2.64. The highest BCUT2D eigenvalue weighted by Gasteiger charge is 2.18. The van der Waals surface area contributed by atoms with Gasteiger partial charge in [0.05, 0.1) is 11.3 Å². The summed E-state index contributed by atoms with van der Waals surface area (Å²) < 4.78 is 31.2. The summed E-state index contributed by atoms with van der Waals surface area (Å²) in [5, 5.41) is 2.57. The molecule has 1 unspecified atom stereocenters. The Hall–Kier alpha value is -2.18. The quantitative estimate of drug-likeness (QED) is 0.636. The molecule has 5 nitrogen and oxygen atoms in total. The fourth-order valence-corrected chi connectivity index (χ4v) is 1.35. The van der Waals surface area contributed by atoms with E-state index in [0.29, 0.717) is 12.1 Å². The number of nitrogen functional groups attached to an aromatic ring is 1. The molecule has 1 rings (SSSR count). The molecule has 7 heteroatoms. The van der Waals surface area contributed by atoms with Gasteiger partial charge in [0.1, 0.15) is 11.6 Å². The SMILES string of the molecule is CCC(C)NC(=O)COC(=O)c1cc(F)c(N)cc1F. The van der Waals surface area contributed by atoms with Crippen molar-refractivity contribution < 1.29 is 23.1 Å². The summed E-state index contributed by atoms with van der Waals surface area (Å²) >= 11 is 0. The van der Waals surface area contributed by atoms with Crippen LogP contribution in [0.2, 0.25) is 0 Å². The molecule has 0 aliphatic rings. The lowest BCUT2D eigenvalue weighted by atomic mass is 10.2. The molecule has 0 bridgehead atoms. The minimum Gasteiger partial charge on any atom is -0.452 e. The van der Waals surface area contributed by atoms with Gasteiger partial charge in [-0.05, 0) is 19.4 Å². The van der Waals surface area contributed by atoms with Gasteiger partial charge in [-0.15, -0.1) is 0 Å². The number of hydrogen-bond acceptors (Lipinski definition) is 4. The Labute approximate surface area is 115 Å². The minimum absolute atomic E-state index is 0.0630. The van der Waals surface area contributed by atoms with Crippen molar-refractivity contribution in [2.45, 2.75) is 26.3 Å². The minimum atomic E-state index is -1.12. The Kier molecular flexibility index (Phi) is 5.42. The number of carbonyl (C=O) groups is 2. The third-order valence-electron chi connectivity index (χ3n) is 2.66. The van der Waals surface area contributed by atoms with Gasteiger partial charge in [0.2, 0.25) is 0 Å². The average Bonchev–Trinajstić information content (AvgIpc) is 2.40. The van der Waals surface area contributed by atoms with Crippen molar-refractivity contribution in [2.75, 3.05) is 12.3 Å². The van der Waals surface area contributed by atoms with E-state index in [-0.39, 0.29) is 6.04 Å². The summed E-state index contributed by atoms with van der Waals surface area (Å²) in [4.78, 5) is 22.9. The van der Waals surface area contributed by atoms with Gasteiger partial charge in [-0.1, -0.05) is 6.92 Å². The average molecular weight is 286 g/mol. The first kappa shape index (κ1) is 15.9. The molecular formula is C13H16F2N2O3. The van der Waals surface area contributed by atoms with Crippen LogP contribution in [-0.4, -0.2) is 24.5 Å². The number of nitrogens with two attached hydrogens (primary N) is 1. The monoisotopic (exact) mass is 286 g/mol. The summed E-state index contributed by atoms with van der Waals surface area (Å²) in [5.74, 6) is -3.57. The lowest BCUT2D eigenvalue weighted by molar-refractivity contribution is -0.124. The third-order valence-corrected chi connectivity index (χ3v) is 2.66. The largest absolute Gasteiger partial charge is 0.452 e. The van der Waals surface area contributed by atoms with Crippen molar-refractivity contribution in [1.82, 2.24) is 5.32 Å². The first-order chi connectivity index (χ1) is 9.35. The first-order valence-electron chi connectivity index (χ1n) is 6.06. The number of ether oxygens (including phenoxy) is 1. The molecule has 0 heterocycles. The van der Waals surface area contributed by atoms with E-state index in [1.165, 1.54) is 0 Å². The van der Waals surface area contributed by atoms with Gasteiger partial charge in [-0.2, -0.15) is 0 Å². The molecule has 1 aromatic carbocycles. The maximum absolute atomic E-state index is 13.4. The Morgan fingerprint density at radius 2 is 2.00 bits per heavy atom. The molecule has 110 valence electrons. The van der Waals surface area contributed by atoms with E-state index in [4.69, 9.17) is 5.73 Å². The van der Waals surface area contributed by atoms with Crippen molar-refractivity contribution in [1.29, 1.82) is 0 Å². The lowest BCUT2D eigenvalue weighted by Gasteiger charge is -2.11. The molecule has 1 atom stereocenters. The van der Waals surface area contributed by atoms with Crippen molar-refractivity contribution in [3.05, 3.63) is 29.3 Å². The van der Waals surface area contributed by atoms with Gasteiger partial charge < -0.3 is 15.8 Å². The number of anilines is 1. The number of benzene rings is 1. The van der Waals surface area contributed by atoms with Crippen molar-refractivity contribution in [3.63, 3.8) is 0 Å². The molecule has 0 spiro atoms. The molecule has 0 aliphatic carbocycles. The van der Waals surface area contributed by atoms with Crippen LogP contribution in [0, 0.1) is 11.6 Å². The molecule has 0 fully saturated rings. The molecule has 3 N–H and O–H groups in total. The van der Waals surface area contributed by atoms with Crippen LogP contribution in [0.5, 0.6) is 0 Å². The van der Waals surface area contributed by atoms with E-state index in [9.17, 15) is 18.4 Å². The van der Waals surface area contributed by atoms with E-state index in [1.807, 2.05) is 6.92 Å². The number of hydrogen-bond donors (Lipinski definition) is 2. The molecule has 20 heavy (non-hydrogen) atoms. The number of nitrogens with one attached hydrogen (secondary N) is 1. The van der Waals surface area contributed by atoms with Crippen LogP contribution in [0.25, 0.3) is 0 Å². The number of esters is 1. The smallest absolute Gasteiger partial charge is 0.341 e. The fraction of sp³-hybridized carbons (Fsp3) is 0.385. The second kappa shape index (κ2) is 6.83. The Morgan fingerprint density at radius 3 is 2.60 bits per heavy atom. The van der Waals surface area contributed by atoms with E-state index < -0.39 is 41.4 Å². The highest BCUT2D eigenvalue weighted by atomic mass is 19.1. The summed E-state index contributed by atoms with van der Waals surface area (Å²) in [6.45, 7) is 3.10. The fourth-order valence-electron chi connectivity index (χ4n) is 1.35. The van der Waals surface area contributed by atoms with Crippen molar-refractivity contribution >= 4 is 17.6 Å². The standard InChI is InChI=1S/C13H16F2N2O3/c1-3-7(2)17-12(18)6-20-13(19)8-4-10(15)11(16)5-9(8)14/h4-5,7H,3,6,16H2,1-2H3,(H,17,18). The van der Waals surface area contributed by atoms with Gasteiger partial charge in [0.15, 0.2) is 6.61 Å². The highest BCUT2D eigenvalue weighted by Crippen LogP contribution is 2.17. The van der Waals surface area contributed by atoms with Gasteiger partial charge in [0, 0.05) is 12.1 Å². The van der Waals surface area contributed by atoms with Crippen LogP contribution in [-0.2, 0) is 9.53 Å². The van der Waals surface area contributed by atoms with Crippen molar-refractivity contribution in [3.8, 4) is 0 Å². The van der Waals surface area contributed by atoms with Crippen LogP contribution < -0.4 is 11.1 Å². The summed E-state index contributed by atoms with van der Waals surface area (Å²) in [7, 11) is 0. The molecular weight excluding hydrogens is 270 g/mol. The van der Waals surface area contributed by atoms with Gasteiger partial charge in [-0.25, -0.2) is 13.6 Å². The number of halogens is 2. The second-order valence-corrected chi connectivity index (χ2v) is 4.31. The lowest BCUT2D eigenvalue weighted by Crippen LogP contribution is -2.35. The normalized spacial score (nSPS) is 11.8. The van der Waals surface area contributed by atoms with E-state index in [0.717, 1.165) is 6.42 Å². The topological polar surface area (TPSA) is 81.4 Å². The number of carbonyl (C=O) groups excluding carboxylic acids is 2. The van der Waals surface area contributed by atoms with Crippen LogP contribution in [0.3, 0.4) is 0 Å². The number of amides is 1. The third kappa shape index (κ3) is 4.18. The summed E-state index contributed by atoms with van der Waals surface area (Å²) in [6, 6.07) is 1.26. The predicted molar refractivity (Wildman–Crippen MR) is 68.9 cm³/mol. The Bertz CT molecular complexity index is 521. The molecule has 0 aliphatic heterocycles. The maximum Gasteiger partial charge on any atom is 0.341 e. The number of rotatable bonds is 5. The molecule has 1 aromatic rings. The van der Waals surface area contributed by atoms with E-state index in [1.54, 1.807) is 6.92 Å². The van der Waals surface area contributed by atoms with E-state index >= 15 is 0 Å². The molecule has 0 saturated heterocycles. The zero-order valence-electron chi connectivity index (χ0n) is 11.2. The van der Waals surface area contributed by atoms with Gasteiger partial charge in [-0.3, -0.25) is 4.79 Å². The Morgan fingerprint density at radius 1 is 1.35 bits per heavy atom. The molecule has 0 aromatic heterocycles. The van der Waals surface area contributed by atoms with Gasteiger partial charge in [0.25, 0.3) is 5.91 Å². The zero-order valence-corrected chi connectivity index (χ0v) is 11.2. The zero-order chi connectivity index (χ0) is 15.3. The van der Waals surface area contributed by atoms with Crippen LogP contribution in [0.4, 0.5) is 14.5 Å². The molecule has 0 saturated carbocycles. The second-order valence-electron chi connectivity index (χ2n) is 4.31.